The van der Waals surface area contributed by atoms with Gasteiger partial charge in [0.2, 0.25) is 5.91 Å². The third-order valence-electron chi connectivity index (χ3n) is 5.98. The fourth-order valence-electron chi connectivity index (χ4n) is 4.06. The number of nitrogens with one attached hydrogen (secondary N) is 1. The van der Waals surface area contributed by atoms with Crippen LogP contribution in [0.1, 0.15) is 48.5 Å². The second-order valence-corrected chi connectivity index (χ2v) is 8.66. The molecular formula is C26H32N2O4. The molecule has 2 amide bonds. The Morgan fingerprint density at radius 2 is 1.81 bits per heavy atom. The third-order valence-corrected chi connectivity index (χ3v) is 5.98. The summed E-state index contributed by atoms with van der Waals surface area (Å²) in [4.78, 5) is 27.3. The fraction of sp³-hybridized carbons (Fsp3) is 0.462. The van der Waals surface area contributed by atoms with Crippen LogP contribution in [0.5, 0.6) is 11.5 Å². The summed E-state index contributed by atoms with van der Waals surface area (Å²) >= 11 is 0. The first-order valence-corrected chi connectivity index (χ1v) is 11.6. The minimum atomic E-state index is -0.0705. The van der Waals surface area contributed by atoms with Crippen LogP contribution in [0.4, 0.5) is 0 Å². The van der Waals surface area contributed by atoms with E-state index in [2.05, 4.69) is 5.32 Å². The number of amides is 2. The van der Waals surface area contributed by atoms with Gasteiger partial charge < -0.3 is 19.7 Å². The topological polar surface area (TPSA) is 67.9 Å². The van der Waals surface area contributed by atoms with Crippen molar-refractivity contribution in [3.63, 3.8) is 0 Å². The summed E-state index contributed by atoms with van der Waals surface area (Å²) in [6, 6.07) is 15.4. The Hall–Kier alpha value is -3.02. The summed E-state index contributed by atoms with van der Waals surface area (Å²) in [5, 5.41) is 3.02. The molecule has 0 spiro atoms. The van der Waals surface area contributed by atoms with Gasteiger partial charge in [-0.3, -0.25) is 9.59 Å². The quantitative estimate of drug-likeness (QED) is 0.649. The van der Waals surface area contributed by atoms with E-state index in [0.717, 1.165) is 43.5 Å². The molecule has 6 heteroatoms. The van der Waals surface area contributed by atoms with Crippen LogP contribution in [-0.4, -0.2) is 49.1 Å². The average Bonchev–Trinajstić information content (AvgIpc) is 3.63. The van der Waals surface area contributed by atoms with Crippen molar-refractivity contribution in [2.75, 3.05) is 26.3 Å². The van der Waals surface area contributed by atoms with Crippen LogP contribution in [0.15, 0.2) is 48.5 Å². The number of hydrogen-bond donors (Lipinski definition) is 1. The van der Waals surface area contributed by atoms with Crippen molar-refractivity contribution in [1.29, 1.82) is 0 Å². The summed E-state index contributed by atoms with van der Waals surface area (Å²) in [5.41, 5.74) is 1.58. The molecule has 4 rings (SSSR count). The monoisotopic (exact) mass is 436 g/mol. The predicted octanol–water partition coefficient (Wildman–Crippen LogP) is 3.84. The van der Waals surface area contributed by atoms with E-state index in [1.807, 2.05) is 54.3 Å². The number of benzene rings is 2. The predicted molar refractivity (Wildman–Crippen MR) is 123 cm³/mol. The highest BCUT2D eigenvalue weighted by molar-refractivity contribution is 5.97. The van der Waals surface area contributed by atoms with E-state index in [1.54, 1.807) is 6.07 Å². The number of rotatable bonds is 9. The SMILES string of the molecule is CCOc1ccc(CC(=O)N2CCCC(COc3ccccc3C(=O)NC3CC3)C2)cc1. The highest BCUT2D eigenvalue weighted by atomic mass is 16.5. The van der Waals surface area contributed by atoms with Crippen molar-refractivity contribution in [2.24, 2.45) is 5.92 Å². The maximum absolute atomic E-state index is 12.9. The molecule has 0 aromatic heterocycles. The largest absolute Gasteiger partial charge is 0.494 e. The van der Waals surface area contributed by atoms with Crippen LogP contribution in [0.3, 0.4) is 0 Å². The first-order valence-electron chi connectivity index (χ1n) is 11.6. The summed E-state index contributed by atoms with van der Waals surface area (Å²) in [7, 11) is 0. The van der Waals surface area contributed by atoms with Crippen molar-refractivity contribution < 1.29 is 19.1 Å². The van der Waals surface area contributed by atoms with Crippen LogP contribution < -0.4 is 14.8 Å². The number of ether oxygens (including phenoxy) is 2. The summed E-state index contributed by atoms with van der Waals surface area (Å²) in [5.74, 6) is 1.77. The lowest BCUT2D eigenvalue weighted by Crippen LogP contribution is -2.42. The lowest BCUT2D eigenvalue weighted by Gasteiger charge is -2.33. The van der Waals surface area contributed by atoms with Crippen LogP contribution in [-0.2, 0) is 11.2 Å². The molecule has 1 aliphatic carbocycles. The van der Waals surface area contributed by atoms with Crippen molar-refractivity contribution in [1.82, 2.24) is 10.2 Å². The Bertz CT molecular complexity index is 924. The van der Waals surface area contributed by atoms with Crippen molar-refractivity contribution in [3.8, 4) is 11.5 Å². The Balaban J connectivity index is 1.29. The fourth-order valence-corrected chi connectivity index (χ4v) is 4.06. The molecule has 1 aliphatic heterocycles. The Morgan fingerprint density at radius 1 is 1.03 bits per heavy atom. The van der Waals surface area contributed by atoms with Gasteiger partial charge in [0.25, 0.3) is 5.91 Å². The lowest BCUT2D eigenvalue weighted by molar-refractivity contribution is -0.132. The van der Waals surface area contributed by atoms with Gasteiger partial charge in [-0.2, -0.15) is 0 Å². The van der Waals surface area contributed by atoms with E-state index < -0.39 is 0 Å². The third kappa shape index (κ3) is 6.02. The van der Waals surface area contributed by atoms with Gasteiger partial charge in [0, 0.05) is 25.0 Å². The number of hydrogen-bond acceptors (Lipinski definition) is 4. The van der Waals surface area contributed by atoms with Crippen LogP contribution in [0, 0.1) is 5.92 Å². The van der Waals surface area contributed by atoms with E-state index >= 15 is 0 Å². The number of carbonyl (C=O) groups excluding carboxylic acids is 2. The molecule has 170 valence electrons. The highest BCUT2D eigenvalue weighted by Crippen LogP contribution is 2.25. The van der Waals surface area contributed by atoms with E-state index in [0.29, 0.717) is 43.5 Å². The van der Waals surface area contributed by atoms with Crippen molar-refractivity contribution >= 4 is 11.8 Å². The molecule has 6 nitrogen and oxygen atoms in total. The molecule has 1 unspecified atom stereocenters. The molecular weight excluding hydrogens is 404 g/mol. The minimum absolute atomic E-state index is 0.0705. The molecule has 1 saturated heterocycles. The van der Waals surface area contributed by atoms with Gasteiger partial charge in [0.05, 0.1) is 25.2 Å². The maximum atomic E-state index is 12.9. The number of nitrogens with zero attached hydrogens (tertiary/aromatic N) is 1. The number of carbonyl (C=O) groups is 2. The molecule has 0 radical (unpaired) electrons. The molecule has 2 aromatic carbocycles. The van der Waals surface area contributed by atoms with Crippen molar-refractivity contribution in [2.45, 2.75) is 45.1 Å². The van der Waals surface area contributed by atoms with Crippen molar-refractivity contribution in [3.05, 3.63) is 59.7 Å². The first kappa shape index (κ1) is 22.2. The number of likely N-dealkylation sites (tertiary alicyclic amines) is 1. The summed E-state index contributed by atoms with van der Waals surface area (Å²) < 4.78 is 11.5. The maximum Gasteiger partial charge on any atom is 0.255 e. The zero-order chi connectivity index (χ0) is 22.3. The zero-order valence-electron chi connectivity index (χ0n) is 18.7. The molecule has 32 heavy (non-hydrogen) atoms. The Kier molecular flexibility index (Phi) is 7.30. The molecule has 2 aliphatic rings. The molecule has 2 fully saturated rings. The molecule has 0 bridgehead atoms. The smallest absolute Gasteiger partial charge is 0.255 e. The van der Waals surface area contributed by atoms with E-state index in [1.165, 1.54) is 0 Å². The molecule has 2 aromatic rings. The molecule has 1 N–H and O–H groups in total. The minimum Gasteiger partial charge on any atom is -0.494 e. The zero-order valence-corrected chi connectivity index (χ0v) is 18.7. The van der Waals surface area contributed by atoms with Crippen LogP contribution in [0.2, 0.25) is 0 Å². The van der Waals surface area contributed by atoms with Gasteiger partial charge in [-0.1, -0.05) is 24.3 Å². The van der Waals surface area contributed by atoms with Gasteiger partial charge in [-0.05, 0) is 62.4 Å². The summed E-state index contributed by atoms with van der Waals surface area (Å²) in [6.07, 6.45) is 4.48. The van der Waals surface area contributed by atoms with Gasteiger partial charge in [-0.25, -0.2) is 0 Å². The van der Waals surface area contributed by atoms with Gasteiger partial charge >= 0.3 is 0 Å². The number of para-hydroxylation sites is 1. The van der Waals surface area contributed by atoms with Gasteiger partial charge in [0.15, 0.2) is 0 Å². The second-order valence-electron chi connectivity index (χ2n) is 8.66. The van der Waals surface area contributed by atoms with Gasteiger partial charge in [0.1, 0.15) is 11.5 Å². The molecule has 1 saturated carbocycles. The normalized spacial score (nSPS) is 18.2. The van der Waals surface area contributed by atoms with E-state index in [-0.39, 0.29) is 17.7 Å². The molecule has 1 atom stereocenters. The second kappa shape index (κ2) is 10.5. The standard InChI is InChI=1S/C26H32N2O4/c1-2-31-22-13-9-19(10-14-22)16-25(29)28-15-5-6-20(17-28)18-32-24-8-4-3-7-23(24)26(30)27-21-11-12-21/h3-4,7-10,13-14,20-21H,2,5-6,11-12,15-18H2,1H3,(H,27,30). The van der Waals surface area contributed by atoms with Crippen LogP contribution >= 0.6 is 0 Å². The van der Waals surface area contributed by atoms with Crippen LogP contribution in [0.25, 0.3) is 0 Å². The Morgan fingerprint density at radius 3 is 2.56 bits per heavy atom. The molecule has 1 heterocycles. The van der Waals surface area contributed by atoms with E-state index in [4.69, 9.17) is 9.47 Å². The Labute approximate surface area is 189 Å². The first-order chi connectivity index (χ1) is 15.6. The highest BCUT2D eigenvalue weighted by Gasteiger charge is 2.27. The number of piperidine rings is 1. The van der Waals surface area contributed by atoms with E-state index in [9.17, 15) is 9.59 Å². The average molecular weight is 437 g/mol. The summed E-state index contributed by atoms with van der Waals surface area (Å²) in [6.45, 7) is 4.56. The lowest BCUT2D eigenvalue weighted by atomic mass is 9.98. The van der Waals surface area contributed by atoms with Gasteiger partial charge in [-0.15, -0.1) is 0 Å².